The van der Waals surface area contributed by atoms with E-state index in [1.807, 2.05) is 24.3 Å². The summed E-state index contributed by atoms with van der Waals surface area (Å²) >= 11 is 0. The zero-order valence-electron chi connectivity index (χ0n) is 9.03. The van der Waals surface area contributed by atoms with Gasteiger partial charge in [-0.25, -0.2) is 4.98 Å². The molecule has 1 aromatic carbocycles. The van der Waals surface area contributed by atoms with Gasteiger partial charge in [-0.3, -0.25) is 0 Å². The third kappa shape index (κ3) is 1.91. The van der Waals surface area contributed by atoms with Crippen molar-refractivity contribution in [1.82, 2.24) is 4.98 Å². The second-order valence-electron chi connectivity index (χ2n) is 3.30. The molecule has 0 spiro atoms. The molecule has 0 atom stereocenters. The van der Waals surface area contributed by atoms with Gasteiger partial charge in [-0.1, -0.05) is 12.0 Å². The van der Waals surface area contributed by atoms with Crippen LogP contribution in [0.5, 0.6) is 5.75 Å². The quantitative estimate of drug-likeness (QED) is 0.792. The Kier molecular flexibility index (Phi) is 2.93. The van der Waals surface area contributed by atoms with Crippen LogP contribution in [0.15, 0.2) is 30.5 Å². The molecular formula is C13H12N2O. The summed E-state index contributed by atoms with van der Waals surface area (Å²) in [5.41, 5.74) is 0. The first-order valence-corrected chi connectivity index (χ1v) is 4.95. The topological polar surface area (TPSA) is 34.2 Å². The fourth-order valence-electron chi connectivity index (χ4n) is 1.55. The van der Waals surface area contributed by atoms with Crippen LogP contribution in [0.4, 0.5) is 5.82 Å². The highest BCUT2D eigenvalue weighted by molar-refractivity contribution is 5.92. The van der Waals surface area contributed by atoms with Gasteiger partial charge in [-0.05, 0) is 23.6 Å². The number of fused-ring (bicyclic) bond motifs is 1. The van der Waals surface area contributed by atoms with E-state index in [9.17, 15) is 0 Å². The number of hydrogen-bond donors (Lipinski definition) is 1. The number of rotatable bonds is 3. The van der Waals surface area contributed by atoms with Crippen LogP contribution in [0.25, 0.3) is 10.8 Å². The minimum Gasteiger partial charge on any atom is -0.497 e. The molecule has 3 nitrogen and oxygen atoms in total. The zero-order chi connectivity index (χ0) is 11.4. The van der Waals surface area contributed by atoms with Crippen LogP contribution < -0.4 is 10.1 Å². The average molecular weight is 212 g/mol. The van der Waals surface area contributed by atoms with E-state index in [4.69, 9.17) is 11.2 Å². The molecule has 0 aliphatic heterocycles. The van der Waals surface area contributed by atoms with Crippen molar-refractivity contribution in [3.63, 3.8) is 0 Å². The van der Waals surface area contributed by atoms with Crippen LogP contribution in [0.1, 0.15) is 0 Å². The summed E-state index contributed by atoms with van der Waals surface area (Å²) in [6.07, 6.45) is 6.97. The van der Waals surface area contributed by atoms with Gasteiger partial charge in [0.2, 0.25) is 0 Å². The Morgan fingerprint density at radius 3 is 3.06 bits per heavy atom. The number of nitrogens with one attached hydrogen (secondary N) is 1. The Morgan fingerprint density at radius 2 is 2.31 bits per heavy atom. The Labute approximate surface area is 94.5 Å². The molecule has 80 valence electrons. The van der Waals surface area contributed by atoms with Crippen LogP contribution in [-0.4, -0.2) is 18.6 Å². The van der Waals surface area contributed by atoms with E-state index >= 15 is 0 Å². The second-order valence-corrected chi connectivity index (χ2v) is 3.30. The lowest BCUT2D eigenvalue weighted by molar-refractivity contribution is 0.415. The fourth-order valence-corrected chi connectivity index (χ4v) is 1.55. The monoisotopic (exact) mass is 212 g/mol. The number of nitrogens with zero attached hydrogens (tertiary/aromatic N) is 1. The number of anilines is 1. The third-order valence-electron chi connectivity index (χ3n) is 2.33. The molecule has 1 heterocycles. The zero-order valence-corrected chi connectivity index (χ0v) is 9.03. The van der Waals surface area contributed by atoms with Crippen molar-refractivity contribution < 1.29 is 4.74 Å². The SMILES string of the molecule is C#CCNc1nccc2ccc(OC)cc12. The molecule has 0 aliphatic rings. The van der Waals surface area contributed by atoms with Gasteiger partial charge in [0.15, 0.2) is 0 Å². The number of benzene rings is 1. The lowest BCUT2D eigenvalue weighted by Crippen LogP contribution is -2.01. The average Bonchev–Trinajstić information content (AvgIpc) is 2.35. The Hall–Kier alpha value is -2.21. The molecular weight excluding hydrogens is 200 g/mol. The summed E-state index contributed by atoms with van der Waals surface area (Å²) in [6, 6.07) is 7.82. The molecule has 2 aromatic rings. The van der Waals surface area contributed by atoms with Crippen molar-refractivity contribution in [2.24, 2.45) is 0 Å². The van der Waals surface area contributed by atoms with Gasteiger partial charge < -0.3 is 10.1 Å². The van der Waals surface area contributed by atoms with E-state index in [1.54, 1.807) is 13.3 Å². The summed E-state index contributed by atoms with van der Waals surface area (Å²) < 4.78 is 5.19. The van der Waals surface area contributed by atoms with Crippen molar-refractivity contribution in [2.45, 2.75) is 0 Å². The second kappa shape index (κ2) is 4.54. The minimum atomic E-state index is 0.462. The van der Waals surface area contributed by atoms with Crippen LogP contribution >= 0.6 is 0 Å². The highest BCUT2D eigenvalue weighted by atomic mass is 16.5. The molecule has 0 unspecified atom stereocenters. The first-order chi connectivity index (χ1) is 7.85. The Balaban J connectivity index is 2.51. The van der Waals surface area contributed by atoms with Gasteiger partial charge in [0.05, 0.1) is 13.7 Å². The summed E-state index contributed by atoms with van der Waals surface area (Å²) in [5.74, 6) is 4.12. The van der Waals surface area contributed by atoms with Gasteiger partial charge in [0.25, 0.3) is 0 Å². The molecule has 1 aromatic heterocycles. The van der Waals surface area contributed by atoms with E-state index in [-0.39, 0.29) is 0 Å². The maximum Gasteiger partial charge on any atom is 0.134 e. The van der Waals surface area contributed by atoms with E-state index in [0.29, 0.717) is 6.54 Å². The number of aromatic nitrogens is 1. The number of ether oxygens (including phenoxy) is 1. The summed E-state index contributed by atoms with van der Waals surface area (Å²) in [6.45, 7) is 0.462. The number of terminal acetylenes is 1. The molecule has 0 fully saturated rings. The number of methoxy groups -OCH3 is 1. The van der Waals surface area contributed by atoms with Crippen LogP contribution in [-0.2, 0) is 0 Å². The van der Waals surface area contributed by atoms with Crippen molar-refractivity contribution in [3.8, 4) is 18.1 Å². The molecule has 0 amide bonds. The highest BCUT2D eigenvalue weighted by Crippen LogP contribution is 2.25. The van der Waals surface area contributed by atoms with Gasteiger partial charge in [-0.2, -0.15) is 0 Å². The standard InChI is InChI=1S/C13H12N2O/c1-3-7-14-13-12-9-11(16-2)5-4-10(12)6-8-15-13/h1,4-6,8-9H,7H2,2H3,(H,14,15). The minimum absolute atomic E-state index is 0.462. The molecule has 0 aliphatic carbocycles. The summed E-state index contributed by atoms with van der Waals surface area (Å²) in [4.78, 5) is 4.26. The largest absolute Gasteiger partial charge is 0.497 e. The van der Waals surface area contributed by atoms with Gasteiger partial charge in [-0.15, -0.1) is 6.42 Å². The van der Waals surface area contributed by atoms with E-state index < -0.39 is 0 Å². The number of hydrogen-bond acceptors (Lipinski definition) is 3. The first-order valence-electron chi connectivity index (χ1n) is 4.95. The maximum absolute atomic E-state index is 5.21. The first kappa shape index (κ1) is 10.3. The lowest BCUT2D eigenvalue weighted by atomic mass is 10.1. The van der Waals surface area contributed by atoms with E-state index in [0.717, 1.165) is 22.3 Å². The Morgan fingerprint density at radius 1 is 1.44 bits per heavy atom. The van der Waals surface area contributed by atoms with Gasteiger partial charge in [0, 0.05) is 11.6 Å². The van der Waals surface area contributed by atoms with Crippen LogP contribution in [0.3, 0.4) is 0 Å². The van der Waals surface area contributed by atoms with Crippen LogP contribution in [0, 0.1) is 12.3 Å². The van der Waals surface area contributed by atoms with Crippen molar-refractivity contribution in [1.29, 1.82) is 0 Å². The summed E-state index contributed by atoms with van der Waals surface area (Å²) in [5, 5.41) is 5.20. The van der Waals surface area contributed by atoms with Crippen molar-refractivity contribution >= 4 is 16.6 Å². The molecule has 0 radical (unpaired) electrons. The molecule has 3 heteroatoms. The Bertz CT molecular complexity index is 543. The molecule has 2 rings (SSSR count). The van der Waals surface area contributed by atoms with Gasteiger partial charge in [0.1, 0.15) is 11.6 Å². The maximum atomic E-state index is 5.21. The van der Waals surface area contributed by atoms with Crippen molar-refractivity contribution in [2.75, 3.05) is 19.0 Å². The highest BCUT2D eigenvalue weighted by Gasteiger charge is 2.02. The third-order valence-corrected chi connectivity index (χ3v) is 2.33. The van der Waals surface area contributed by atoms with Crippen molar-refractivity contribution in [3.05, 3.63) is 30.5 Å². The lowest BCUT2D eigenvalue weighted by Gasteiger charge is -2.07. The van der Waals surface area contributed by atoms with E-state index in [1.165, 1.54) is 0 Å². The molecule has 0 bridgehead atoms. The summed E-state index contributed by atoms with van der Waals surface area (Å²) in [7, 11) is 1.64. The fraction of sp³-hybridized carbons (Fsp3) is 0.154. The van der Waals surface area contributed by atoms with Crippen LogP contribution in [0.2, 0.25) is 0 Å². The molecule has 0 saturated heterocycles. The molecule has 0 saturated carbocycles. The van der Waals surface area contributed by atoms with Gasteiger partial charge >= 0.3 is 0 Å². The predicted octanol–water partition coefficient (Wildman–Crippen LogP) is 2.29. The number of pyridine rings is 1. The predicted molar refractivity (Wildman–Crippen MR) is 65.6 cm³/mol. The molecule has 16 heavy (non-hydrogen) atoms. The molecule has 1 N–H and O–H groups in total. The normalized spacial score (nSPS) is 9.75. The smallest absolute Gasteiger partial charge is 0.134 e. The van der Waals surface area contributed by atoms with E-state index in [2.05, 4.69) is 16.2 Å².